The summed E-state index contributed by atoms with van der Waals surface area (Å²) >= 11 is 0. The Bertz CT molecular complexity index is 829. The second-order valence-electron chi connectivity index (χ2n) is 5.23. The highest BCUT2D eigenvalue weighted by atomic mass is 19.1. The van der Waals surface area contributed by atoms with E-state index in [4.69, 9.17) is 0 Å². The van der Waals surface area contributed by atoms with Crippen molar-refractivity contribution in [2.45, 2.75) is 13.6 Å². The zero-order valence-electron chi connectivity index (χ0n) is 12.8. The number of alkyl halides is 1. The molecule has 0 saturated carbocycles. The molecule has 3 rings (SSSR count). The summed E-state index contributed by atoms with van der Waals surface area (Å²) in [4.78, 5) is 12.4. The van der Waals surface area contributed by atoms with Crippen LogP contribution in [0.5, 0.6) is 0 Å². The van der Waals surface area contributed by atoms with Gasteiger partial charge in [-0.05, 0) is 47.9 Å². The van der Waals surface area contributed by atoms with Crippen molar-refractivity contribution in [2.24, 2.45) is 0 Å². The van der Waals surface area contributed by atoms with Crippen LogP contribution in [0.2, 0.25) is 0 Å². The minimum absolute atomic E-state index is 0.449. The zero-order chi connectivity index (χ0) is 16.1. The van der Waals surface area contributed by atoms with E-state index in [0.29, 0.717) is 5.69 Å². The first-order valence-corrected chi connectivity index (χ1v) is 7.32. The minimum atomic E-state index is -0.551. The fourth-order valence-corrected chi connectivity index (χ4v) is 2.35. The normalized spacial score (nSPS) is 11.5. The Morgan fingerprint density at radius 3 is 2.61 bits per heavy atom. The van der Waals surface area contributed by atoms with E-state index in [0.717, 1.165) is 28.0 Å². The summed E-state index contributed by atoms with van der Waals surface area (Å²) in [6.07, 6.45) is 7.13. The number of benzene rings is 1. The summed E-state index contributed by atoms with van der Waals surface area (Å²) in [5, 5.41) is 0. The maximum Gasteiger partial charge on any atom is 0.131 e. The van der Waals surface area contributed by atoms with Crippen molar-refractivity contribution in [3.8, 4) is 11.1 Å². The highest BCUT2D eigenvalue weighted by molar-refractivity contribution is 5.80. The lowest BCUT2D eigenvalue weighted by Gasteiger charge is -2.05. The Labute approximate surface area is 134 Å². The molecule has 0 fully saturated rings. The summed E-state index contributed by atoms with van der Waals surface area (Å²) < 4.78 is 12.7. The lowest BCUT2D eigenvalue weighted by Crippen LogP contribution is -1.91. The van der Waals surface area contributed by atoms with Gasteiger partial charge in [-0.15, -0.1) is 0 Å². The van der Waals surface area contributed by atoms with Crippen LogP contribution in [0.1, 0.15) is 23.9 Å². The van der Waals surface area contributed by atoms with Gasteiger partial charge in [0.05, 0.1) is 11.4 Å². The maximum atomic E-state index is 12.7. The van der Waals surface area contributed by atoms with Gasteiger partial charge in [-0.2, -0.15) is 0 Å². The fourth-order valence-electron chi connectivity index (χ4n) is 2.35. The second-order valence-corrected chi connectivity index (χ2v) is 5.23. The molecule has 0 atom stereocenters. The van der Waals surface area contributed by atoms with Gasteiger partial charge >= 0.3 is 0 Å². The largest absolute Gasteiger partial charge is 0.250 e. The van der Waals surface area contributed by atoms with Crippen molar-refractivity contribution in [1.82, 2.24) is 15.0 Å². The van der Waals surface area contributed by atoms with E-state index >= 15 is 0 Å². The molecule has 0 radical (unpaired) electrons. The summed E-state index contributed by atoms with van der Waals surface area (Å²) in [5.74, 6) is 0. The van der Waals surface area contributed by atoms with Gasteiger partial charge in [0.15, 0.2) is 0 Å². The van der Waals surface area contributed by atoms with E-state index in [9.17, 15) is 4.39 Å². The molecular weight excluding hydrogens is 289 g/mol. The first-order valence-electron chi connectivity index (χ1n) is 7.32. The Balaban J connectivity index is 1.92. The van der Waals surface area contributed by atoms with Gasteiger partial charge in [-0.1, -0.05) is 24.3 Å². The average Bonchev–Trinajstić information content (AvgIpc) is 2.63. The lowest BCUT2D eigenvalue weighted by atomic mass is 10.0. The smallest absolute Gasteiger partial charge is 0.131 e. The molecule has 0 spiro atoms. The van der Waals surface area contributed by atoms with Crippen LogP contribution in [0.4, 0.5) is 4.39 Å². The summed E-state index contributed by atoms with van der Waals surface area (Å²) in [6.45, 7) is 1.42. The molecule has 0 saturated heterocycles. The van der Waals surface area contributed by atoms with Crippen molar-refractivity contribution in [2.75, 3.05) is 0 Å². The minimum Gasteiger partial charge on any atom is -0.250 e. The maximum absolute atomic E-state index is 12.7. The van der Waals surface area contributed by atoms with E-state index in [1.807, 2.05) is 43.3 Å². The molecule has 3 nitrogen and oxygen atoms in total. The number of nitrogens with zero attached hydrogens (tertiary/aromatic N) is 3. The van der Waals surface area contributed by atoms with Crippen molar-refractivity contribution in [3.05, 3.63) is 78.1 Å². The van der Waals surface area contributed by atoms with Crippen molar-refractivity contribution < 1.29 is 4.39 Å². The average molecular weight is 305 g/mol. The number of allylic oxidation sites excluding steroid dienone is 1. The Morgan fingerprint density at radius 2 is 1.83 bits per heavy atom. The number of pyridine rings is 1. The molecule has 0 bridgehead atoms. The standard InChI is InChI=1S/C19H16FN3/c1-14(19-7-3-6-18(10-20)23-19)8-15-4-2-5-16(9-15)17-11-21-13-22-12-17/h2-9,11-13H,10H2,1H3/b14-8+. The van der Waals surface area contributed by atoms with E-state index in [2.05, 4.69) is 21.0 Å². The predicted octanol–water partition coefficient (Wildman–Crippen LogP) is 4.57. The third-order valence-corrected chi connectivity index (χ3v) is 3.51. The quantitative estimate of drug-likeness (QED) is 0.709. The number of hydrogen-bond acceptors (Lipinski definition) is 3. The predicted molar refractivity (Wildman–Crippen MR) is 90.1 cm³/mol. The topological polar surface area (TPSA) is 38.7 Å². The SMILES string of the molecule is C/C(=C\c1cccc(-c2cncnc2)c1)c1cccc(CF)n1. The second kappa shape index (κ2) is 6.92. The summed E-state index contributed by atoms with van der Waals surface area (Å²) in [5.41, 5.74) is 5.30. The van der Waals surface area contributed by atoms with E-state index in [1.165, 1.54) is 6.33 Å². The molecule has 0 unspecified atom stereocenters. The van der Waals surface area contributed by atoms with Crippen LogP contribution in [-0.2, 0) is 6.67 Å². The van der Waals surface area contributed by atoms with Gasteiger partial charge < -0.3 is 0 Å². The van der Waals surface area contributed by atoms with Crippen molar-refractivity contribution in [1.29, 1.82) is 0 Å². The Morgan fingerprint density at radius 1 is 1.04 bits per heavy atom. The van der Waals surface area contributed by atoms with Crippen LogP contribution in [0.25, 0.3) is 22.8 Å². The summed E-state index contributed by atoms with van der Waals surface area (Å²) in [7, 11) is 0. The van der Waals surface area contributed by atoms with Gasteiger partial charge in [0.2, 0.25) is 0 Å². The van der Waals surface area contributed by atoms with Gasteiger partial charge in [-0.25, -0.2) is 14.4 Å². The van der Waals surface area contributed by atoms with Crippen LogP contribution in [0, 0.1) is 0 Å². The molecule has 0 aliphatic carbocycles. The van der Waals surface area contributed by atoms with Gasteiger partial charge in [0.25, 0.3) is 0 Å². The van der Waals surface area contributed by atoms with Gasteiger partial charge in [0.1, 0.15) is 13.0 Å². The monoisotopic (exact) mass is 305 g/mol. The first kappa shape index (κ1) is 15.0. The van der Waals surface area contributed by atoms with E-state index in [-0.39, 0.29) is 0 Å². The molecule has 23 heavy (non-hydrogen) atoms. The molecule has 3 aromatic rings. The first-order chi connectivity index (χ1) is 11.3. The molecule has 114 valence electrons. The number of halogens is 1. The van der Waals surface area contributed by atoms with Crippen LogP contribution in [0.3, 0.4) is 0 Å². The Kier molecular flexibility index (Phi) is 4.52. The number of hydrogen-bond donors (Lipinski definition) is 0. The molecule has 4 heteroatoms. The molecule has 1 aromatic carbocycles. The number of rotatable bonds is 4. The van der Waals surface area contributed by atoms with Crippen molar-refractivity contribution in [3.63, 3.8) is 0 Å². The summed E-state index contributed by atoms with van der Waals surface area (Å²) in [6, 6.07) is 13.5. The van der Waals surface area contributed by atoms with E-state index in [1.54, 1.807) is 18.5 Å². The van der Waals surface area contributed by atoms with E-state index < -0.39 is 6.67 Å². The van der Waals surface area contributed by atoms with Crippen LogP contribution in [0.15, 0.2) is 61.2 Å². The number of aromatic nitrogens is 3. The molecule has 2 heterocycles. The van der Waals surface area contributed by atoms with Crippen LogP contribution >= 0.6 is 0 Å². The highest BCUT2D eigenvalue weighted by Crippen LogP contribution is 2.22. The molecule has 0 N–H and O–H groups in total. The fraction of sp³-hybridized carbons (Fsp3) is 0.105. The molecule has 0 aliphatic rings. The zero-order valence-corrected chi connectivity index (χ0v) is 12.8. The molecular formula is C19H16FN3. The van der Waals surface area contributed by atoms with Crippen molar-refractivity contribution >= 4 is 11.6 Å². The third-order valence-electron chi connectivity index (χ3n) is 3.51. The molecule has 0 aliphatic heterocycles. The lowest BCUT2D eigenvalue weighted by molar-refractivity contribution is 0.476. The molecule has 2 aromatic heterocycles. The van der Waals surface area contributed by atoms with Crippen LogP contribution in [-0.4, -0.2) is 15.0 Å². The van der Waals surface area contributed by atoms with Crippen LogP contribution < -0.4 is 0 Å². The Hall–Kier alpha value is -2.88. The third kappa shape index (κ3) is 3.66. The molecule has 0 amide bonds. The highest BCUT2D eigenvalue weighted by Gasteiger charge is 2.02. The van der Waals surface area contributed by atoms with Gasteiger partial charge in [0, 0.05) is 18.0 Å². The van der Waals surface area contributed by atoms with Gasteiger partial charge in [-0.3, -0.25) is 4.98 Å².